The van der Waals surface area contributed by atoms with Crippen LogP contribution in [0.25, 0.3) is 0 Å². The lowest BCUT2D eigenvalue weighted by Crippen LogP contribution is -2.46. The quantitative estimate of drug-likeness (QED) is 0.800. The number of halogens is 2. The van der Waals surface area contributed by atoms with Crippen molar-refractivity contribution >= 4 is 40.9 Å². The van der Waals surface area contributed by atoms with Crippen molar-refractivity contribution in [1.29, 1.82) is 0 Å². The second kappa shape index (κ2) is 7.31. The summed E-state index contributed by atoms with van der Waals surface area (Å²) in [7, 11) is 1.90. The van der Waals surface area contributed by atoms with Gasteiger partial charge in [0.15, 0.2) is 0 Å². The van der Waals surface area contributed by atoms with Gasteiger partial charge in [-0.25, -0.2) is 0 Å². The number of nitrogens with one attached hydrogen (secondary N) is 1. The minimum atomic E-state index is 0. The molecule has 5 heteroatoms. The van der Waals surface area contributed by atoms with Gasteiger partial charge in [0.2, 0.25) is 0 Å². The van der Waals surface area contributed by atoms with Crippen LogP contribution in [0.5, 0.6) is 0 Å². The van der Waals surface area contributed by atoms with E-state index in [1.54, 1.807) is 0 Å². The number of likely N-dealkylation sites (N-methyl/N-ethyl adjacent to an activating group) is 1. The summed E-state index contributed by atoms with van der Waals surface area (Å²) in [6, 6.07) is 8.07. The van der Waals surface area contributed by atoms with E-state index in [4.69, 9.17) is 0 Å². The molecule has 0 bridgehead atoms. The van der Waals surface area contributed by atoms with Crippen molar-refractivity contribution in [3.8, 4) is 0 Å². The Bertz CT molecular complexity index is 390. The highest BCUT2D eigenvalue weighted by Crippen LogP contribution is 2.14. The van der Waals surface area contributed by atoms with E-state index in [-0.39, 0.29) is 18.3 Å². The van der Waals surface area contributed by atoms with Crippen LogP contribution >= 0.6 is 35.0 Å². The molecule has 0 spiro atoms. The SMILES string of the molecule is CN(C(=O)c1ccc(I)cc1)[C@@H]1CCCNC1.Cl. The molecule has 1 heterocycles. The molecule has 1 aliphatic heterocycles. The monoisotopic (exact) mass is 380 g/mol. The van der Waals surface area contributed by atoms with E-state index in [2.05, 4.69) is 27.9 Å². The van der Waals surface area contributed by atoms with E-state index in [9.17, 15) is 4.79 Å². The fraction of sp³-hybridized carbons (Fsp3) is 0.462. The maximum atomic E-state index is 12.3. The standard InChI is InChI=1S/C13H17IN2O.ClH/c1-16(12-3-2-8-15-9-12)13(17)10-4-6-11(14)7-5-10;/h4-7,12,15H,2-3,8-9H2,1H3;1H/t12-;/m1./s1. The third-order valence-electron chi connectivity index (χ3n) is 3.23. The Morgan fingerprint density at radius 1 is 1.39 bits per heavy atom. The van der Waals surface area contributed by atoms with Gasteiger partial charge in [0, 0.05) is 28.8 Å². The van der Waals surface area contributed by atoms with E-state index in [0.717, 1.165) is 35.1 Å². The Kier molecular flexibility index (Phi) is 6.38. The number of rotatable bonds is 2. The Morgan fingerprint density at radius 2 is 2.06 bits per heavy atom. The lowest BCUT2D eigenvalue weighted by atomic mass is 10.1. The number of carbonyl (C=O) groups excluding carboxylic acids is 1. The van der Waals surface area contributed by atoms with Crippen molar-refractivity contribution in [2.24, 2.45) is 0 Å². The number of amides is 1. The van der Waals surface area contributed by atoms with Crippen LogP contribution in [-0.4, -0.2) is 37.0 Å². The second-order valence-corrected chi connectivity index (χ2v) is 5.67. The Balaban J connectivity index is 0.00000162. The van der Waals surface area contributed by atoms with Crippen molar-refractivity contribution in [2.75, 3.05) is 20.1 Å². The Hall–Kier alpha value is -0.330. The second-order valence-electron chi connectivity index (χ2n) is 4.42. The zero-order valence-electron chi connectivity index (χ0n) is 10.4. The molecule has 1 aliphatic rings. The number of carbonyl (C=O) groups is 1. The van der Waals surface area contributed by atoms with Crippen LogP contribution in [0.3, 0.4) is 0 Å². The molecule has 2 rings (SSSR count). The van der Waals surface area contributed by atoms with Crippen LogP contribution in [0, 0.1) is 3.57 Å². The van der Waals surface area contributed by atoms with E-state index in [1.165, 1.54) is 0 Å². The van der Waals surface area contributed by atoms with Gasteiger partial charge in [0.1, 0.15) is 0 Å². The molecule has 1 N–H and O–H groups in total. The topological polar surface area (TPSA) is 32.3 Å². The van der Waals surface area contributed by atoms with Crippen LogP contribution in [0.1, 0.15) is 23.2 Å². The molecule has 0 aliphatic carbocycles. The third-order valence-corrected chi connectivity index (χ3v) is 3.95. The zero-order valence-corrected chi connectivity index (χ0v) is 13.3. The van der Waals surface area contributed by atoms with Gasteiger partial charge >= 0.3 is 0 Å². The Morgan fingerprint density at radius 3 is 2.61 bits per heavy atom. The molecule has 1 fully saturated rings. The molecule has 3 nitrogen and oxygen atoms in total. The van der Waals surface area contributed by atoms with E-state index in [1.807, 2.05) is 36.2 Å². The molecule has 1 aromatic carbocycles. The molecule has 0 radical (unpaired) electrons. The first kappa shape index (κ1) is 15.7. The average molecular weight is 381 g/mol. The normalized spacial score (nSPS) is 18.9. The van der Waals surface area contributed by atoms with Gasteiger partial charge in [-0.2, -0.15) is 0 Å². The van der Waals surface area contributed by atoms with E-state index in [0.29, 0.717) is 6.04 Å². The summed E-state index contributed by atoms with van der Waals surface area (Å²) in [5, 5.41) is 3.34. The lowest BCUT2D eigenvalue weighted by molar-refractivity contribution is 0.0708. The molecule has 0 unspecified atom stereocenters. The van der Waals surface area contributed by atoms with Gasteiger partial charge in [-0.15, -0.1) is 12.4 Å². The first-order valence-electron chi connectivity index (χ1n) is 5.92. The number of piperidine rings is 1. The highest BCUT2D eigenvalue weighted by Gasteiger charge is 2.22. The van der Waals surface area contributed by atoms with Crippen molar-refractivity contribution < 1.29 is 4.79 Å². The first-order valence-corrected chi connectivity index (χ1v) is 7.00. The van der Waals surface area contributed by atoms with Crippen LogP contribution in [0.4, 0.5) is 0 Å². The van der Waals surface area contributed by atoms with Gasteiger partial charge < -0.3 is 10.2 Å². The summed E-state index contributed by atoms with van der Waals surface area (Å²) in [6.07, 6.45) is 2.24. The number of benzene rings is 1. The molecule has 1 atom stereocenters. The van der Waals surface area contributed by atoms with Crippen molar-refractivity contribution in [3.05, 3.63) is 33.4 Å². The molecule has 0 saturated carbocycles. The van der Waals surface area contributed by atoms with Gasteiger partial charge in [-0.3, -0.25) is 4.79 Å². The van der Waals surface area contributed by atoms with Gasteiger partial charge in [-0.1, -0.05) is 0 Å². The molecule has 0 aromatic heterocycles. The summed E-state index contributed by atoms with van der Waals surface area (Å²) >= 11 is 2.25. The van der Waals surface area contributed by atoms with Crippen LogP contribution in [-0.2, 0) is 0 Å². The van der Waals surface area contributed by atoms with Crippen molar-refractivity contribution in [3.63, 3.8) is 0 Å². The number of hydrogen-bond acceptors (Lipinski definition) is 2. The fourth-order valence-corrected chi connectivity index (χ4v) is 2.49. The predicted octanol–water partition coefficient (Wildman–Crippen LogP) is 2.54. The number of hydrogen-bond donors (Lipinski definition) is 1. The minimum Gasteiger partial charge on any atom is -0.337 e. The van der Waals surface area contributed by atoms with E-state index < -0.39 is 0 Å². The highest BCUT2D eigenvalue weighted by atomic mass is 127. The summed E-state index contributed by atoms with van der Waals surface area (Å²) in [5.74, 6) is 0.120. The molecule has 18 heavy (non-hydrogen) atoms. The summed E-state index contributed by atoms with van der Waals surface area (Å²) in [4.78, 5) is 14.1. The minimum absolute atomic E-state index is 0. The van der Waals surface area contributed by atoms with Crippen LogP contribution in [0.15, 0.2) is 24.3 Å². The van der Waals surface area contributed by atoms with E-state index >= 15 is 0 Å². The fourth-order valence-electron chi connectivity index (χ4n) is 2.13. The molecule has 100 valence electrons. The lowest BCUT2D eigenvalue weighted by Gasteiger charge is -2.31. The summed E-state index contributed by atoms with van der Waals surface area (Å²) in [5.41, 5.74) is 0.776. The van der Waals surface area contributed by atoms with Gasteiger partial charge in [-0.05, 0) is 66.2 Å². The van der Waals surface area contributed by atoms with Gasteiger partial charge in [0.25, 0.3) is 5.91 Å². The van der Waals surface area contributed by atoms with Crippen LogP contribution < -0.4 is 5.32 Å². The maximum absolute atomic E-state index is 12.3. The van der Waals surface area contributed by atoms with Crippen LogP contribution in [0.2, 0.25) is 0 Å². The number of nitrogens with zero attached hydrogens (tertiary/aromatic N) is 1. The molecule has 1 aromatic rings. The first-order chi connectivity index (χ1) is 8.18. The predicted molar refractivity (Wildman–Crippen MR) is 84.4 cm³/mol. The van der Waals surface area contributed by atoms with Crippen molar-refractivity contribution in [1.82, 2.24) is 10.2 Å². The molecule has 1 saturated heterocycles. The average Bonchev–Trinajstić information content (AvgIpc) is 2.39. The molecular weight excluding hydrogens is 363 g/mol. The summed E-state index contributed by atoms with van der Waals surface area (Å²) < 4.78 is 1.15. The molecular formula is C13H18ClIN2O. The van der Waals surface area contributed by atoms with Crippen molar-refractivity contribution in [2.45, 2.75) is 18.9 Å². The third kappa shape index (κ3) is 3.83. The maximum Gasteiger partial charge on any atom is 0.253 e. The van der Waals surface area contributed by atoms with Gasteiger partial charge in [0.05, 0.1) is 0 Å². The Labute approximate surface area is 128 Å². The largest absolute Gasteiger partial charge is 0.337 e. The molecule has 1 amide bonds. The highest BCUT2D eigenvalue weighted by molar-refractivity contribution is 14.1. The summed E-state index contributed by atoms with van der Waals surface area (Å²) in [6.45, 7) is 1.98. The smallest absolute Gasteiger partial charge is 0.253 e. The zero-order chi connectivity index (χ0) is 12.3.